The summed E-state index contributed by atoms with van der Waals surface area (Å²) in [6, 6.07) is 15.0. The Kier molecular flexibility index (Phi) is 9.17. The summed E-state index contributed by atoms with van der Waals surface area (Å²) in [5.41, 5.74) is 3.70. The highest BCUT2D eigenvalue weighted by Crippen LogP contribution is 2.50. The number of carbonyl (C=O) groups is 2. The van der Waals surface area contributed by atoms with E-state index in [0.29, 0.717) is 46.9 Å². The van der Waals surface area contributed by atoms with Gasteiger partial charge in [0.05, 0.1) is 33.1 Å². The fourth-order valence-corrected chi connectivity index (χ4v) is 5.27. The van der Waals surface area contributed by atoms with Crippen molar-refractivity contribution in [2.75, 3.05) is 32.0 Å². The summed E-state index contributed by atoms with van der Waals surface area (Å²) in [5.74, 6) is 0.858. The maximum atomic E-state index is 13.7. The first-order chi connectivity index (χ1) is 19.7. The molecular formula is C32H37N3O6. The summed E-state index contributed by atoms with van der Waals surface area (Å²) < 4.78 is 17.1. The number of fused-ring (bicyclic) bond motifs is 3. The van der Waals surface area contributed by atoms with Crippen molar-refractivity contribution in [1.82, 2.24) is 5.32 Å². The lowest BCUT2D eigenvalue weighted by Crippen LogP contribution is -2.39. The van der Waals surface area contributed by atoms with Crippen molar-refractivity contribution in [3.05, 3.63) is 75.9 Å². The van der Waals surface area contributed by atoms with Gasteiger partial charge < -0.3 is 30.2 Å². The van der Waals surface area contributed by atoms with Crippen molar-refractivity contribution in [2.24, 2.45) is 5.92 Å². The van der Waals surface area contributed by atoms with Gasteiger partial charge in [0, 0.05) is 18.2 Å². The molecular weight excluding hydrogens is 522 g/mol. The molecule has 3 N–H and O–H groups in total. The maximum absolute atomic E-state index is 13.7. The third-order valence-corrected chi connectivity index (χ3v) is 7.22. The molecule has 2 atom stereocenters. The van der Waals surface area contributed by atoms with Gasteiger partial charge >= 0.3 is 0 Å². The van der Waals surface area contributed by atoms with Gasteiger partial charge in [-0.1, -0.05) is 38.1 Å². The van der Waals surface area contributed by atoms with Crippen molar-refractivity contribution >= 4 is 23.2 Å². The molecule has 9 heteroatoms. The van der Waals surface area contributed by atoms with Crippen LogP contribution in [0.15, 0.2) is 59.4 Å². The van der Waals surface area contributed by atoms with Crippen LogP contribution in [0, 0.1) is 5.92 Å². The normalized spacial score (nSPS) is 14.6. The third-order valence-electron chi connectivity index (χ3n) is 7.22. The number of nitrogens with one attached hydrogen (secondary N) is 3. The molecule has 1 aliphatic rings. The van der Waals surface area contributed by atoms with E-state index >= 15 is 0 Å². The highest BCUT2D eigenvalue weighted by Gasteiger charge is 2.30. The quantitative estimate of drug-likeness (QED) is 0.340. The second-order valence-corrected chi connectivity index (χ2v) is 10.3. The van der Waals surface area contributed by atoms with Crippen LogP contribution in [0.1, 0.15) is 44.4 Å². The van der Waals surface area contributed by atoms with Crippen molar-refractivity contribution < 1.29 is 23.8 Å². The van der Waals surface area contributed by atoms with Crippen LogP contribution in [0.2, 0.25) is 0 Å². The maximum Gasteiger partial charge on any atom is 0.247 e. The summed E-state index contributed by atoms with van der Waals surface area (Å²) in [5, 5.41) is 9.11. The van der Waals surface area contributed by atoms with E-state index < -0.39 is 12.1 Å². The number of ether oxygens (including phenoxy) is 3. The van der Waals surface area contributed by atoms with Gasteiger partial charge in [0.2, 0.25) is 23.0 Å². The number of carbonyl (C=O) groups excluding carboxylic acids is 2. The average Bonchev–Trinajstić information content (AvgIpc) is 3.19. The number of hydrogen-bond acceptors (Lipinski definition) is 7. The minimum absolute atomic E-state index is 0.119. The lowest BCUT2D eigenvalue weighted by molar-refractivity contribution is -0.120. The van der Waals surface area contributed by atoms with Crippen molar-refractivity contribution in [2.45, 2.75) is 45.7 Å². The van der Waals surface area contributed by atoms with Gasteiger partial charge in [-0.05, 0) is 65.8 Å². The van der Waals surface area contributed by atoms with E-state index in [1.807, 2.05) is 56.3 Å². The van der Waals surface area contributed by atoms with Gasteiger partial charge in [0.1, 0.15) is 6.04 Å². The number of rotatable bonds is 9. The van der Waals surface area contributed by atoms with Gasteiger partial charge in [-0.15, -0.1) is 0 Å². The second-order valence-electron chi connectivity index (χ2n) is 10.3. The van der Waals surface area contributed by atoms with E-state index in [4.69, 9.17) is 14.2 Å². The minimum Gasteiger partial charge on any atom is -0.493 e. The molecule has 3 aromatic rings. The van der Waals surface area contributed by atoms with Crippen LogP contribution in [0.5, 0.6) is 17.2 Å². The number of para-hydroxylation sites is 1. The van der Waals surface area contributed by atoms with Crippen LogP contribution in [-0.4, -0.2) is 39.2 Å². The highest BCUT2D eigenvalue weighted by molar-refractivity contribution is 5.96. The Balaban J connectivity index is 1.86. The predicted molar refractivity (Wildman–Crippen MR) is 160 cm³/mol. The highest BCUT2D eigenvalue weighted by atomic mass is 16.5. The molecule has 41 heavy (non-hydrogen) atoms. The number of methoxy groups -OCH3 is 3. The summed E-state index contributed by atoms with van der Waals surface area (Å²) in [6.07, 6.45) is 1.16. The van der Waals surface area contributed by atoms with E-state index in [1.54, 1.807) is 27.4 Å². The largest absolute Gasteiger partial charge is 0.493 e. The van der Waals surface area contributed by atoms with Crippen molar-refractivity contribution in [3.8, 4) is 28.4 Å². The first-order valence-corrected chi connectivity index (χ1v) is 13.6. The lowest BCUT2D eigenvalue weighted by Gasteiger charge is -2.22. The summed E-state index contributed by atoms with van der Waals surface area (Å²) in [6.45, 7) is 5.29. The molecule has 0 saturated heterocycles. The minimum atomic E-state index is -0.678. The summed E-state index contributed by atoms with van der Waals surface area (Å²) >= 11 is 0. The average molecular weight is 560 g/mol. The lowest BCUT2D eigenvalue weighted by atomic mass is 9.95. The van der Waals surface area contributed by atoms with E-state index in [2.05, 4.69) is 16.0 Å². The Bertz CT molecular complexity index is 1490. The summed E-state index contributed by atoms with van der Waals surface area (Å²) in [7, 11) is 4.66. The summed E-state index contributed by atoms with van der Waals surface area (Å²) in [4.78, 5) is 39.1. The Hall–Kier alpha value is -4.53. The van der Waals surface area contributed by atoms with Crippen LogP contribution in [0.4, 0.5) is 11.4 Å². The van der Waals surface area contributed by atoms with Gasteiger partial charge in [-0.3, -0.25) is 14.4 Å². The Labute approximate surface area is 240 Å². The third kappa shape index (κ3) is 6.29. The molecule has 0 heterocycles. The van der Waals surface area contributed by atoms with E-state index in [0.717, 1.165) is 11.1 Å². The van der Waals surface area contributed by atoms with Gasteiger partial charge in [0.25, 0.3) is 0 Å². The first-order valence-electron chi connectivity index (χ1n) is 13.6. The fourth-order valence-electron chi connectivity index (χ4n) is 5.27. The number of benzene rings is 2. The van der Waals surface area contributed by atoms with E-state index in [1.165, 1.54) is 13.0 Å². The second kappa shape index (κ2) is 12.8. The van der Waals surface area contributed by atoms with Crippen LogP contribution in [0.25, 0.3) is 11.1 Å². The van der Waals surface area contributed by atoms with Crippen molar-refractivity contribution in [3.63, 3.8) is 0 Å². The topological polar surface area (TPSA) is 115 Å². The monoisotopic (exact) mass is 559 g/mol. The molecule has 0 aromatic heterocycles. The molecule has 0 aliphatic heterocycles. The number of amides is 2. The van der Waals surface area contributed by atoms with E-state index in [-0.39, 0.29) is 28.8 Å². The predicted octanol–water partition coefficient (Wildman–Crippen LogP) is 4.94. The number of hydrogen-bond donors (Lipinski definition) is 3. The molecule has 0 radical (unpaired) electrons. The molecule has 0 fully saturated rings. The Morgan fingerprint density at radius 3 is 2.24 bits per heavy atom. The van der Waals surface area contributed by atoms with Gasteiger partial charge in [-0.2, -0.15) is 0 Å². The van der Waals surface area contributed by atoms with Crippen LogP contribution in [0.3, 0.4) is 0 Å². The van der Waals surface area contributed by atoms with E-state index in [9.17, 15) is 14.4 Å². The zero-order valence-electron chi connectivity index (χ0n) is 24.3. The van der Waals surface area contributed by atoms with Crippen LogP contribution >= 0.6 is 0 Å². The number of anilines is 2. The molecule has 216 valence electrons. The molecule has 9 nitrogen and oxygen atoms in total. The standard InChI is InChI=1S/C32H37N3O6/c1-18(2)29(32(38)34-21-10-8-7-9-11-21)35-25-15-13-22-23(17-26(25)37)24(33-19(3)36)14-12-20-16-27(39-4)30(40-5)31(41-6)28(20)22/h7-11,13,15-18,24,29H,12,14H2,1-6H3,(H,33,36)(H,34,38)(H,35,37)/t24-,29+/m0/s1. The Morgan fingerprint density at radius 1 is 0.927 bits per heavy atom. The molecule has 1 aliphatic carbocycles. The first kappa shape index (κ1) is 29.5. The molecule has 0 bridgehead atoms. The molecule has 0 saturated carbocycles. The number of aryl methyl sites for hydroxylation is 1. The zero-order chi connectivity index (χ0) is 29.7. The molecule has 0 spiro atoms. The molecule has 4 rings (SSSR count). The molecule has 0 unspecified atom stereocenters. The zero-order valence-corrected chi connectivity index (χ0v) is 24.3. The van der Waals surface area contributed by atoms with Crippen LogP contribution in [-0.2, 0) is 16.0 Å². The smallest absolute Gasteiger partial charge is 0.247 e. The SMILES string of the molecule is COc1cc2c(c(OC)c1OC)-c1ccc(N[C@@H](C(=O)Nc3ccccc3)C(C)C)c(=O)cc1[C@@H](NC(C)=O)CC2. The fraction of sp³-hybridized carbons (Fsp3) is 0.344. The van der Waals surface area contributed by atoms with Gasteiger partial charge in [0.15, 0.2) is 11.5 Å². The molecule has 2 amide bonds. The molecule has 3 aromatic carbocycles. The van der Waals surface area contributed by atoms with Gasteiger partial charge in [-0.25, -0.2) is 0 Å². The van der Waals surface area contributed by atoms with Crippen molar-refractivity contribution in [1.29, 1.82) is 0 Å². The van der Waals surface area contributed by atoms with Crippen LogP contribution < -0.4 is 35.6 Å². The Morgan fingerprint density at radius 2 is 1.63 bits per heavy atom.